The van der Waals surface area contributed by atoms with Gasteiger partial charge in [-0.2, -0.15) is 0 Å². The van der Waals surface area contributed by atoms with E-state index in [1.807, 2.05) is 45.0 Å². The van der Waals surface area contributed by atoms with Crippen molar-refractivity contribution in [2.24, 2.45) is 5.73 Å². The predicted octanol–water partition coefficient (Wildman–Crippen LogP) is 1.77. The van der Waals surface area contributed by atoms with Crippen LogP contribution in [0.25, 0.3) is 0 Å². The second-order valence-electron chi connectivity index (χ2n) is 4.49. The summed E-state index contributed by atoms with van der Waals surface area (Å²) in [6.45, 7) is 6.17. The number of hydrogen-bond acceptors (Lipinski definition) is 3. The van der Waals surface area contributed by atoms with Crippen LogP contribution >= 0.6 is 0 Å². The third kappa shape index (κ3) is 2.97. The highest BCUT2D eigenvalue weighted by Crippen LogP contribution is 2.27. The summed E-state index contributed by atoms with van der Waals surface area (Å²) in [5.41, 5.74) is 5.96. The van der Waals surface area contributed by atoms with Crippen LogP contribution < -0.4 is 10.5 Å². The molecule has 0 fully saturated rings. The van der Waals surface area contributed by atoms with E-state index in [9.17, 15) is 4.79 Å². The Kier molecular flexibility index (Phi) is 4.12. The predicted molar refractivity (Wildman–Crippen MR) is 66.2 cm³/mol. The molecule has 0 aromatic heterocycles. The summed E-state index contributed by atoms with van der Waals surface area (Å²) in [5.74, 6) is -0.222. The number of rotatable bonds is 5. The zero-order valence-electron chi connectivity index (χ0n) is 10.4. The van der Waals surface area contributed by atoms with E-state index < -0.39 is 17.4 Å². The molecule has 0 saturated carbocycles. The van der Waals surface area contributed by atoms with Crippen molar-refractivity contribution in [3.63, 3.8) is 0 Å². The molecule has 0 amide bonds. The summed E-state index contributed by atoms with van der Waals surface area (Å²) in [6, 6.07) is 6.44. The van der Waals surface area contributed by atoms with E-state index >= 15 is 0 Å². The van der Waals surface area contributed by atoms with Gasteiger partial charge in [0.05, 0.1) is 6.61 Å². The second-order valence-corrected chi connectivity index (χ2v) is 4.49. The van der Waals surface area contributed by atoms with Crippen LogP contribution in [0.15, 0.2) is 24.3 Å². The van der Waals surface area contributed by atoms with Crippen LogP contribution in [0.4, 0.5) is 0 Å². The lowest BCUT2D eigenvalue weighted by atomic mass is 9.78. The maximum Gasteiger partial charge on any atom is 0.321 e. The van der Waals surface area contributed by atoms with Gasteiger partial charge >= 0.3 is 5.97 Å². The fourth-order valence-corrected chi connectivity index (χ4v) is 1.64. The van der Waals surface area contributed by atoms with Gasteiger partial charge in [0.15, 0.2) is 0 Å². The maximum absolute atomic E-state index is 10.9. The van der Waals surface area contributed by atoms with E-state index in [1.165, 1.54) is 0 Å². The van der Waals surface area contributed by atoms with Crippen molar-refractivity contribution in [2.45, 2.75) is 32.2 Å². The van der Waals surface area contributed by atoms with E-state index in [4.69, 9.17) is 15.6 Å². The highest BCUT2D eigenvalue weighted by atomic mass is 16.5. The first-order valence-corrected chi connectivity index (χ1v) is 5.61. The summed E-state index contributed by atoms with van der Waals surface area (Å²) < 4.78 is 5.33. The van der Waals surface area contributed by atoms with Crippen LogP contribution in [0.3, 0.4) is 0 Å². The summed E-state index contributed by atoms with van der Waals surface area (Å²) in [6.07, 6.45) is 0. The molecule has 4 nitrogen and oxygen atoms in total. The SMILES string of the molecule is CCOc1ccc(C(C)(C)C(N)C(=O)O)cc1. The fraction of sp³-hybridized carbons (Fsp3) is 0.462. The van der Waals surface area contributed by atoms with Crippen molar-refractivity contribution < 1.29 is 14.6 Å². The molecule has 1 aromatic carbocycles. The van der Waals surface area contributed by atoms with Crippen LogP contribution in [-0.2, 0) is 10.2 Å². The maximum atomic E-state index is 10.9. The average molecular weight is 237 g/mol. The van der Waals surface area contributed by atoms with Gasteiger partial charge in [-0.15, -0.1) is 0 Å². The normalized spacial score (nSPS) is 13.2. The Hall–Kier alpha value is -1.55. The minimum absolute atomic E-state index is 0.609. The summed E-state index contributed by atoms with van der Waals surface area (Å²) in [7, 11) is 0. The molecule has 1 atom stereocenters. The van der Waals surface area contributed by atoms with E-state index in [0.29, 0.717) is 6.61 Å². The molecule has 0 spiro atoms. The van der Waals surface area contributed by atoms with Crippen molar-refractivity contribution in [2.75, 3.05) is 6.61 Å². The van der Waals surface area contributed by atoms with E-state index in [0.717, 1.165) is 11.3 Å². The number of carbonyl (C=O) groups is 1. The number of carboxylic acids is 1. The molecule has 0 aliphatic carbocycles. The molecule has 0 heterocycles. The van der Waals surface area contributed by atoms with Gasteiger partial charge in [0.1, 0.15) is 11.8 Å². The van der Waals surface area contributed by atoms with Gasteiger partial charge in [-0.3, -0.25) is 4.79 Å². The first-order valence-electron chi connectivity index (χ1n) is 5.61. The van der Waals surface area contributed by atoms with Crippen molar-refractivity contribution >= 4 is 5.97 Å². The minimum Gasteiger partial charge on any atom is -0.494 e. The van der Waals surface area contributed by atoms with Crippen molar-refractivity contribution in [3.05, 3.63) is 29.8 Å². The van der Waals surface area contributed by atoms with Crippen LogP contribution in [0.1, 0.15) is 26.3 Å². The van der Waals surface area contributed by atoms with E-state index in [1.54, 1.807) is 0 Å². The van der Waals surface area contributed by atoms with Gasteiger partial charge in [-0.1, -0.05) is 26.0 Å². The number of carboxylic acid groups (broad SMARTS) is 1. The Bertz CT molecular complexity index is 384. The molecular weight excluding hydrogens is 218 g/mol. The molecule has 0 aliphatic heterocycles. The average Bonchev–Trinajstić information content (AvgIpc) is 2.29. The smallest absolute Gasteiger partial charge is 0.321 e. The Morgan fingerprint density at radius 3 is 2.35 bits per heavy atom. The standard InChI is InChI=1S/C13H19NO3/c1-4-17-10-7-5-9(6-8-10)13(2,3)11(14)12(15)16/h5-8,11H,4,14H2,1-3H3,(H,15,16). The Balaban J connectivity index is 2.95. The molecule has 0 bridgehead atoms. The number of ether oxygens (including phenoxy) is 1. The molecule has 94 valence electrons. The first kappa shape index (κ1) is 13.5. The Labute approximate surface area is 101 Å². The molecule has 1 aromatic rings. The van der Waals surface area contributed by atoms with Gasteiger partial charge in [0.25, 0.3) is 0 Å². The molecule has 0 aliphatic rings. The summed E-state index contributed by atoms with van der Waals surface area (Å²) in [4.78, 5) is 10.9. The molecule has 0 radical (unpaired) electrons. The minimum atomic E-state index is -0.996. The fourth-order valence-electron chi connectivity index (χ4n) is 1.64. The van der Waals surface area contributed by atoms with Crippen molar-refractivity contribution in [1.29, 1.82) is 0 Å². The van der Waals surface area contributed by atoms with Gasteiger partial charge < -0.3 is 15.6 Å². The third-order valence-corrected chi connectivity index (χ3v) is 2.95. The number of aliphatic carboxylic acids is 1. The zero-order valence-corrected chi connectivity index (χ0v) is 10.4. The molecular formula is C13H19NO3. The lowest BCUT2D eigenvalue weighted by Crippen LogP contribution is -2.46. The summed E-state index contributed by atoms with van der Waals surface area (Å²) in [5, 5.41) is 8.97. The topological polar surface area (TPSA) is 72.5 Å². The van der Waals surface area contributed by atoms with Gasteiger partial charge in [0.2, 0.25) is 0 Å². The van der Waals surface area contributed by atoms with E-state index in [-0.39, 0.29) is 0 Å². The Morgan fingerprint density at radius 2 is 1.94 bits per heavy atom. The van der Waals surface area contributed by atoms with E-state index in [2.05, 4.69) is 0 Å². The number of hydrogen-bond donors (Lipinski definition) is 2. The van der Waals surface area contributed by atoms with Crippen LogP contribution in [0.5, 0.6) is 5.75 Å². The van der Waals surface area contributed by atoms with Crippen LogP contribution in [-0.4, -0.2) is 23.7 Å². The quantitative estimate of drug-likeness (QED) is 0.818. The van der Waals surface area contributed by atoms with Gasteiger partial charge in [0, 0.05) is 5.41 Å². The first-order chi connectivity index (χ1) is 7.89. The van der Waals surface area contributed by atoms with Gasteiger partial charge in [-0.05, 0) is 24.6 Å². The van der Waals surface area contributed by atoms with Crippen LogP contribution in [0, 0.1) is 0 Å². The number of benzene rings is 1. The molecule has 17 heavy (non-hydrogen) atoms. The summed E-state index contributed by atoms with van der Waals surface area (Å²) >= 11 is 0. The lowest BCUT2D eigenvalue weighted by Gasteiger charge is -2.29. The highest BCUT2D eigenvalue weighted by molar-refractivity contribution is 5.75. The Morgan fingerprint density at radius 1 is 1.41 bits per heavy atom. The van der Waals surface area contributed by atoms with Gasteiger partial charge in [-0.25, -0.2) is 0 Å². The molecule has 1 rings (SSSR count). The van der Waals surface area contributed by atoms with Crippen molar-refractivity contribution in [1.82, 2.24) is 0 Å². The monoisotopic (exact) mass is 237 g/mol. The highest BCUT2D eigenvalue weighted by Gasteiger charge is 2.33. The molecule has 0 saturated heterocycles. The molecule has 4 heteroatoms. The molecule has 1 unspecified atom stereocenters. The zero-order chi connectivity index (χ0) is 13.1. The van der Waals surface area contributed by atoms with Crippen molar-refractivity contribution in [3.8, 4) is 5.75 Å². The second kappa shape index (κ2) is 5.19. The van der Waals surface area contributed by atoms with Crippen LogP contribution in [0.2, 0.25) is 0 Å². The largest absolute Gasteiger partial charge is 0.494 e. The molecule has 3 N–H and O–H groups in total. The third-order valence-electron chi connectivity index (χ3n) is 2.95. The number of nitrogens with two attached hydrogens (primary N) is 1. The lowest BCUT2D eigenvalue weighted by molar-refractivity contribution is -0.140.